The number of aryl methyl sites for hydroxylation is 2. The molecule has 130 valence electrons. The minimum absolute atomic E-state index is 0.222. The molecule has 4 nitrogen and oxygen atoms in total. The summed E-state index contributed by atoms with van der Waals surface area (Å²) < 4.78 is 2.07. The second-order valence-corrected chi connectivity index (χ2v) is 6.87. The molecule has 1 aromatic heterocycles. The number of aliphatic hydroxyl groups is 1. The Labute approximate surface area is 144 Å². The molecule has 0 unspecified atom stereocenters. The lowest BCUT2D eigenvalue weighted by molar-refractivity contribution is 0.0930. The minimum atomic E-state index is -0.472. The number of rotatable bonds is 6. The predicted molar refractivity (Wildman–Crippen MR) is 97.7 cm³/mol. The molecular weight excluding hydrogens is 300 g/mol. The van der Waals surface area contributed by atoms with E-state index in [1.807, 2.05) is 0 Å². The zero-order valence-electron chi connectivity index (χ0n) is 15.0. The Kier molecular flexibility index (Phi) is 5.07. The molecule has 0 fully saturated rings. The summed E-state index contributed by atoms with van der Waals surface area (Å²) in [5.41, 5.74) is 4.31. The molecule has 1 heterocycles. The van der Waals surface area contributed by atoms with E-state index >= 15 is 0 Å². The molecule has 4 heteroatoms. The number of fused-ring (bicyclic) bond motifs is 3. The van der Waals surface area contributed by atoms with Gasteiger partial charge in [0.15, 0.2) is 5.78 Å². The zero-order valence-corrected chi connectivity index (χ0v) is 15.0. The van der Waals surface area contributed by atoms with Crippen LogP contribution in [0.1, 0.15) is 48.3 Å². The number of likely N-dealkylation sites (N-methyl/N-ethyl adjacent to an activating group) is 1. The van der Waals surface area contributed by atoms with Gasteiger partial charge >= 0.3 is 0 Å². The molecule has 1 N–H and O–H groups in total. The van der Waals surface area contributed by atoms with E-state index < -0.39 is 6.10 Å². The molecule has 0 bridgehead atoms. The third-order valence-electron chi connectivity index (χ3n) is 5.18. The number of benzene rings is 1. The van der Waals surface area contributed by atoms with Crippen molar-refractivity contribution < 1.29 is 9.90 Å². The zero-order chi connectivity index (χ0) is 17.3. The fourth-order valence-corrected chi connectivity index (χ4v) is 3.89. The van der Waals surface area contributed by atoms with Crippen LogP contribution in [-0.2, 0) is 13.0 Å². The monoisotopic (exact) mass is 328 g/mol. The molecule has 3 rings (SSSR count). The van der Waals surface area contributed by atoms with Gasteiger partial charge < -0.3 is 14.6 Å². The summed E-state index contributed by atoms with van der Waals surface area (Å²) in [6, 6.07) is 6.37. The van der Waals surface area contributed by atoms with Gasteiger partial charge in [0.1, 0.15) is 0 Å². The number of ketones is 1. The van der Waals surface area contributed by atoms with Crippen molar-refractivity contribution in [3.8, 4) is 0 Å². The maximum Gasteiger partial charge on any atom is 0.179 e. The summed E-state index contributed by atoms with van der Waals surface area (Å²) in [6.45, 7) is 9.28. The average Bonchev–Trinajstić information content (AvgIpc) is 2.87. The van der Waals surface area contributed by atoms with Crippen LogP contribution in [0.3, 0.4) is 0 Å². The SMILES string of the molecule is CCN(CC)C[C@@H](O)Cn1c2c(c3cc(C)ccc31)CCCC2=O. The first-order chi connectivity index (χ1) is 11.5. The van der Waals surface area contributed by atoms with Gasteiger partial charge in [-0.25, -0.2) is 0 Å². The lowest BCUT2D eigenvalue weighted by atomic mass is 9.94. The second kappa shape index (κ2) is 7.08. The number of aromatic nitrogens is 1. The molecule has 1 aliphatic rings. The van der Waals surface area contributed by atoms with Crippen molar-refractivity contribution in [3.63, 3.8) is 0 Å². The van der Waals surface area contributed by atoms with E-state index in [1.165, 1.54) is 16.5 Å². The Morgan fingerprint density at radius 1 is 1.25 bits per heavy atom. The van der Waals surface area contributed by atoms with E-state index in [1.54, 1.807) is 0 Å². The topological polar surface area (TPSA) is 45.5 Å². The highest BCUT2D eigenvalue weighted by Crippen LogP contribution is 2.33. The van der Waals surface area contributed by atoms with Gasteiger partial charge in [-0.05, 0) is 50.6 Å². The molecule has 0 saturated carbocycles. The molecule has 24 heavy (non-hydrogen) atoms. The van der Waals surface area contributed by atoms with Crippen LogP contribution < -0.4 is 0 Å². The van der Waals surface area contributed by atoms with Gasteiger partial charge in [0.2, 0.25) is 0 Å². The quantitative estimate of drug-likeness (QED) is 0.886. The first-order valence-corrected chi connectivity index (χ1v) is 9.10. The summed E-state index contributed by atoms with van der Waals surface area (Å²) >= 11 is 0. The van der Waals surface area contributed by atoms with Crippen molar-refractivity contribution in [2.75, 3.05) is 19.6 Å². The second-order valence-electron chi connectivity index (χ2n) is 6.87. The van der Waals surface area contributed by atoms with Crippen molar-refractivity contribution >= 4 is 16.7 Å². The van der Waals surface area contributed by atoms with E-state index in [2.05, 4.69) is 48.4 Å². The van der Waals surface area contributed by atoms with Crippen LogP contribution in [0.4, 0.5) is 0 Å². The Bertz CT molecular complexity index is 744. The van der Waals surface area contributed by atoms with Gasteiger partial charge in [-0.1, -0.05) is 25.5 Å². The summed E-state index contributed by atoms with van der Waals surface area (Å²) in [7, 11) is 0. The van der Waals surface area contributed by atoms with E-state index in [4.69, 9.17) is 0 Å². The average molecular weight is 328 g/mol. The van der Waals surface area contributed by atoms with Gasteiger partial charge in [0.25, 0.3) is 0 Å². The number of carbonyl (C=O) groups excluding carboxylic acids is 1. The van der Waals surface area contributed by atoms with E-state index in [-0.39, 0.29) is 5.78 Å². The number of aliphatic hydroxyl groups excluding tert-OH is 1. The predicted octanol–water partition coefficient (Wildman–Crippen LogP) is 3.17. The molecule has 1 atom stereocenters. The Balaban J connectivity index is 2.00. The lowest BCUT2D eigenvalue weighted by Crippen LogP contribution is -2.35. The van der Waals surface area contributed by atoms with Crippen LogP contribution in [-0.4, -0.2) is 46.1 Å². The molecule has 0 spiro atoms. The molecule has 0 saturated heterocycles. The number of nitrogens with zero attached hydrogens (tertiary/aromatic N) is 2. The number of hydrogen-bond acceptors (Lipinski definition) is 3. The highest BCUT2D eigenvalue weighted by atomic mass is 16.3. The van der Waals surface area contributed by atoms with Crippen LogP contribution in [0.2, 0.25) is 0 Å². The highest BCUT2D eigenvalue weighted by Gasteiger charge is 2.27. The van der Waals surface area contributed by atoms with Crippen molar-refractivity contribution in [3.05, 3.63) is 35.0 Å². The van der Waals surface area contributed by atoms with Crippen LogP contribution >= 0.6 is 0 Å². The standard InChI is InChI=1S/C20H28N2O2/c1-4-21(5-2)12-15(23)13-22-18-10-9-14(3)11-17(18)16-7-6-8-19(24)20(16)22/h9-11,15,23H,4-8,12-13H2,1-3H3/t15-/m1/s1. The maximum absolute atomic E-state index is 12.6. The summed E-state index contributed by atoms with van der Waals surface area (Å²) in [5, 5.41) is 11.8. The van der Waals surface area contributed by atoms with Crippen molar-refractivity contribution in [2.24, 2.45) is 0 Å². The molecular formula is C20H28N2O2. The van der Waals surface area contributed by atoms with Crippen LogP contribution in [0, 0.1) is 6.92 Å². The third-order valence-corrected chi connectivity index (χ3v) is 5.18. The molecule has 1 aromatic carbocycles. The molecule has 0 radical (unpaired) electrons. The Morgan fingerprint density at radius 3 is 2.71 bits per heavy atom. The molecule has 2 aromatic rings. The van der Waals surface area contributed by atoms with Crippen LogP contribution in [0.5, 0.6) is 0 Å². The fraction of sp³-hybridized carbons (Fsp3) is 0.550. The number of Topliss-reactive ketones (excluding diaryl/α,β-unsaturated/α-hetero) is 1. The van der Waals surface area contributed by atoms with Gasteiger partial charge in [-0.3, -0.25) is 4.79 Å². The van der Waals surface area contributed by atoms with Gasteiger partial charge in [-0.2, -0.15) is 0 Å². The lowest BCUT2D eigenvalue weighted by Gasteiger charge is -2.23. The molecule has 0 amide bonds. The van der Waals surface area contributed by atoms with E-state index in [9.17, 15) is 9.90 Å². The van der Waals surface area contributed by atoms with E-state index in [0.29, 0.717) is 19.5 Å². The Morgan fingerprint density at radius 2 is 2.00 bits per heavy atom. The van der Waals surface area contributed by atoms with E-state index in [0.717, 1.165) is 37.1 Å². The smallest absolute Gasteiger partial charge is 0.179 e. The number of carbonyl (C=O) groups is 1. The normalized spacial score (nSPS) is 16.0. The number of hydrogen-bond donors (Lipinski definition) is 1. The fourth-order valence-electron chi connectivity index (χ4n) is 3.89. The van der Waals surface area contributed by atoms with Crippen molar-refractivity contribution in [1.82, 2.24) is 9.47 Å². The first kappa shape index (κ1) is 17.2. The van der Waals surface area contributed by atoms with Gasteiger partial charge in [-0.15, -0.1) is 0 Å². The highest BCUT2D eigenvalue weighted by molar-refractivity contribution is 6.04. The molecule has 0 aliphatic heterocycles. The van der Waals surface area contributed by atoms with Crippen molar-refractivity contribution in [1.29, 1.82) is 0 Å². The maximum atomic E-state index is 12.6. The minimum Gasteiger partial charge on any atom is -0.390 e. The van der Waals surface area contributed by atoms with Crippen LogP contribution in [0.15, 0.2) is 18.2 Å². The first-order valence-electron chi connectivity index (χ1n) is 9.10. The largest absolute Gasteiger partial charge is 0.390 e. The summed E-state index contributed by atoms with van der Waals surface area (Å²) in [6.07, 6.45) is 2.04. The van der Waals surface area contributed by atoms with Gasteiger partial charge in [0.05, 0.1) is 18.3 Å². The summed E-state index contributed by atoms with van der Waals surface area (Å²) in [5.74, 6) is 0.222. The van der Waals surface area contributed by atoms with Gasteiger partial charge in [0, 0.05) is 23.9 Å². The van der Waals surface area contributed by atoms with Crippen LogP contribution in [0.25, 0.3) is 10.9 Å². The Hall–Kier alpha value is -1.65. The molecule has 1 aliphatic carbocycles. The van der Waals surface area contributed by atoms with Crippen molar-refractivity contribution in [2.45, 2.75) is 52.7 Å². The third kappa shape index (κ3) is 3.13. The summed E-state index contributed by atoms with van der Waals surface area (Å²) in [4.78, 5) is 14.8.